The van der Waals surface area contributed by atoms with Gasteiger partial charge >= 0.3 is 11.9 Å². The third-order valence-corrected chi connectivity index (χ3v) is 5.16. The van der Waals surface area contributed by atoms with Gasteiger partial charge in [0.15, 0.2) is 23.0 Å². The van der Waals surface area contributed by atoms with Gasteiger partial charge in [-0.1, -0.05) is 12.1 Å². The van der Waals surface area contributed by atoms with Gasteiger partial charge in [0.1, 0.15) is 16.1 Å². The van der Waals surface area contributed by atoms with E-state index in [4.69, 9.17) is 9.15 Å². The fourth-order valence-corrected chi connectivity index (χ4v) is 3.86. The number of hydrogen-bond acceptors (Lipinski definition) is 6. The van der Waals surface area contributed by atoms with E-state index in [0.29, 0.717) is 11.1 Å². The Kier molecular flexibility index (Phi) is 4.92. The predicted octanol–water partition coefficient (Wildman–Crippen LogP) is 4.79. The lowest BCUT2D eigenvalue weighted by Crippen LogP contribution is -2.14. The van der Waals surface area contributed by atoms with Crippen molar-refractivity contribution in [1.82, 2.24) is 4.98 Å². The summed E-state index contributed by atoms with van der Waals surface area (Å²) in [4.78, 5) is 28.4. The molecule has 0 aliphatic rings. The number of anilines is 1. The minimum absolute atomic E-state index is 0.0313. The average Bonchev–Trinajstić information content (AvgIpc) is 3.32. The molecule has 4 rings (SSSR count). The van der Waals surface area contributed by atoms with E-state index in [2.05, 4.69) is 10.3 Å². The summed E-state index contributed by atoms with van der Waals surface area (Å²) in [5.41, 5.74) is 0.305. The minimum Gasteiger partial charge on any atom is -0.491 e. The van der Waals surface area contributed by atoms with Gasteiger partial charge in [-0.15, -0.1) is 11.3 Å². The molecule has 152 valence electrons. The van der Waals surface area contributed by atoms with Crippen molar-refractivity contribution < 1.29 is 32.6 Å². The van der Waals surface area contributed by atoms with E-state index in [9.17, 15) is 23.5 Å². The van der Waals surface area contributed by atoms with Crippen LogP contribution < -0.4 is 10.1 Å². The van der Waals surface area contributed by atoms with Crippen LogP contribution in [0.15, 0.2) is 46.2 Å². The maximum absolute atomic E-state index is 14.7. The number of nitrogens with one attached hydrogen (secondary N) is 1. The summed E-state index contributed by atoms with van der Waals surface area (Å²) in [6.07, 6.45) is 0. The zero-order chi connectivity index (χ0) is 21.4. The van der Waals surface area contributed by atoms with Gasteiger partial charge in [0, 0.05) is 16.5 Å². The molecule has 0 bridgehead atoms. The first kappa shape index (κ1) is 19.5. The number of aromatic nitrogens is 1. The van der Waals surface area contributed by atoms with Crippen LogP contribution in [0.2, 0.25) is 0 Å². The number of halogens is 2. The number of carboxylic acid groups (broad SMARTS) is 1. The molecule has 0 aliphatic carbocycles. The Balaban J connectivity index is 1.73. The van der Waals surface area contributed by atoms with Crippen molar-refractivity contribution in [2.24, 2.45) is 0 Å². The van der Waals surface area contributed by atoms with Crippen molar-refractivity contribution in [2.45, 2.75) is 0 Å². The molecule has 2 heterocycles. The van der Waals surface area contributed by atoms with Crippen molar-refractivity contribution in [3.63, 3.8) is 0 Å². The van der Waals surface area contributed by atoms with Crippen molar-refractivity contribution in [3.05, 3.63) is 64.9 Å². The van der Waals surface area contributed by atoms with E-state index < -0.39 is 29.3 Å². The normalized spacial score (nSPS) is 10.9. The van der Waals surface area contributed by atoms with Crippen molar-refractivity contribution in [2.75, 3.05) is 12.4 Å². The fraction of sp³-hybridized carbons (Fsp3) is 0.0500. The van der Waals surface area contributed by atoms with Gasteiger partial charge in [0.05, 0.1) is 7.11 Å². The number of carbonyl (C=O) groups is 2. The fourth-order valence-electron chi connectivity index (χ4n) is 2.91. The lowest BCUT2D eigenvalue weighted by Gasteiger charge is -2.09. The van der Waals surface area contributed by atoms with Crippen molar-refractivity contribution in [3.8, 4) is 16.9 Å². The summed E-state index contributed by atoms with van der Waals surface area (Å²) < 4.78 is 38.4. The lowest BCUT2D eigenvalue weighted by molar-refractivity contribution is 0.0699. The molecular formula is C20H12F2N2O5S. The molecule has 4 aromatic rings. The molecule has 0 atom stereocenters. The monoisotopic (exact) mass is 430 g/mol. The van der Waals surface area contributed by atoms with E-state index in [0.717, 1.165) is 30.6 Å². The number of aromatic carboxylic acids is 1. The second kappa shape index (κ2) is 7.56. The van der Waals surface area contributed by atoms with E-state index in [1.807, 2.05) is 0 Å². The highest BCUT2D eigenvalue weighted by atomic mass is 32.1. The summed E-state index contributed by atoms with van der Waals surface area (Å²) in [6.45, 7) is 0. The molecule has 2 N–H and O–H groups in total. The number of rotatable bonds is 5. The van der Waals surface area contributed by atoms with Crippen LogP contribution in [0.5, 0.6) is 5.75 Å². The first-order valence-electron chi connectivity index (χ1n) is 8.44. The maximum Gasteiger partial charge on any atom is 0.339 e. The smallest absolute Gasteiger partial charge is 0.339 e. The van der Waals surface area contributed by atoms with Gasteiger partial charge in [-0.3, -0.25) is 4.79 Å². The van der Waals surface area contributed by atoms with Gasteiger partial charge < -0.3 is 19.6 Å². The number of amides is 1. The Hall–Kier alpha value is -3.79. The minimum atomic E-state index is -1.40. The van der Waals surface area contributed by atoms with Gasteiger partial charge in [-0.2, -0.15) is 0 Å². The number of nitrogens with zero attached hydrogens (tertiary/aromatic N) is 1. The lowest BCUT2D eigenvalue weighted by atomic mass is 10.0. The van der Waals surface area contributed by atoms with Gasteiger partial charge in [-0.25, -0.2) is 18.6 Å². The summed E-state index contributed by atoms with van der Waals surface area (Å²) >= 11 is 0.872. The highest BCUT2D eigenvalue weighted by Gasteiger charge is 2.26. The summed E-state index contributed by atoms with van der Waals surface area (Å²) in [5.74, 6) is -5.02. The molecule has 0 unspecified atom stereocenters. The number of carboxylic acids is 1. The van der Waals surface area contributed by atoms with Crippen LogP contribution in [0.25, 0.3) is 22.2 Å². The number of hydrogen-bond donors (Lipinski definition) is 2. The van der Waals surface area contributed by atoms with Crippen LogP contribution in [-0.2, 0) is 0 Å². The zero-order valence-corrected chi connectivity index (χ0v) is 16.0. The van der Waals surface area contributed by atoms with E-state index in [-0.39, 0.29) is 27.6 Å². The van der Waals surface area contributed by atoms with Crippen LogP contribution in [0, 0.1) is 11.6 Å². The molecule has 1 amide bonds. The molecule has 2 aromatic carbocycles. The highest BCUT2D eigenvalue weighted by Crippen LogP contribution is 2.39. The molecule has 0 fully saturated rings. The molecule has 2 aromatic heterocycles. The predicted molar refractivity (Wildman–Crippen MR) is 105 cm³/mol. The molecule has 10 heteroatoms. The molecule has 30 heavy (non-hydrogen) atoms. The molecule has 0 spiro atoms. The number of para-hydroxylation sites is 2. The Morgan fingerprint density at radius 1 is 1.17 bits per heavy atom. The topological polar surface area (TPSA) is 102 Å². The van der Waals surface area contributed by atoms with Crippen molar-refractivity contribution in [1.29, 1.82) is 0 Å². The number of methoxy groups -OCH3 is 1. The third-order valence-electron chi connectivity index (χ3n) is 4.26. The number of oxazole rings is 1. The van der Waals surface area contributed by atoms with E-state index in [1.165, 1.54) is 5.38 Å². The Bertz CT molecular complexity index is 1260. The summed E-state index contributed by atoms with van der Waals surface area (Å²) in [7, 11) is 1.10. The Morgan fingerprint density at radius 3 is 2.63 bits per heavy atom. The van der Waals surface area contributed by atoms with Crippen LogP contribution in [0.4, 0.5) is 13.8 Å². The largest absolute Gasteiger partial charge is 0.491 e. The van der Waals surface area contributed by atoms with E-state index >= 15 is 0 Å². The molecule has 7 nitrogen and oxygen atoms in total. The second-order valence-electron chi connectivity index (χ2n) is 6.04. The van der Waals surface area contributed by atoms with Gasteiger partial charge in [-0.05, 0) is 24.3 Å². The van der Waals surface area contributed by atoms with Crippen LogP contribution in [0.3, 0.4) is 0 Å². The number of carbonyl (C=O) groups excluding carboxylic acids is 1. The van der Waals surface area contributed by atoms with Gasteiger partial charge in [0.25, 0.3) is 5.89 Å². The Labute approximate surface area is 171 Å². The maximum atomic E-state index is 14.7. The molecule has 0 radical (unpaired) electrons. The zero-order valence-electron chi connectivity index (χ0n) is 15.2. The molecule has 0 saturated carbocycles. The van der Waals surface area contributed by atoms with Crippen LogP contribution >= 0.6 is 11.3 Å². The number of benzene rings is 2. The quantitative estimate of drug-likeness (QED) is 0.472. The van der Waals surface area contributed by atoms with E-state index in [1.54, 1.807) is 24.3 Å². The average molecular weight is 430 g/mol. The standard InChI is InChI=1S/C20H12F2N2O5S/c1-28-16-11(21)7-6-9(15(16)22)10-8-30-19(14(10)20(26)27)24-17(25)18-23-12-4-2-3-5-13(12)29-18/h2-8H,1H3,(H,24,25)(H,26,27). The van der Waals surface area contributed by atoms with Crippen LogP contribution in [0.1, 0.15) is 21.0 Å². The van der Waals surface area contributed by atoms with Gasteiger partial charge in [0.2, 0.25) is 0 Å². The Morgan fingerprint density at radius 2 is 1.93 bits per heavy atom. The first-order chi connectivity index (χ1) is 14.4. The number of fused-ring (bicyclic) bond motifs is 1. The highest BCUT2D eigenvalue weighted by molar-refractivity contribution is 7.15. The SMILES string of the molecule is COc1c(F)ccc(-c2csc(NC(=O)c3nc4ccccc4o3)c2C(=O)O)c1F. The summed E-state index contributed by atoms with van der Waals surface area (Å²) in [6, 6.07) is 8.81. The molecular weight excluding hydrogens is 418 g/mol. The van der Waals surface area contributed by atoms with Crippen LogP contribution in [-0.4, -0.2) is 29.1 Å². The second-order valence-corrected chi connectivity index (χ2v) is 6.92. The third kappa shape index (κ3) is 3.26. The summed E-state index contributed by atoms with van der Waals surface area (Å²) in [5, 5.41) is 13.4. The number of thiophene rings is 1. The first-order valence-corrected chi connectivity index (χ1v) is 9.32. The molecule has 0 saturated heterocycles. The molecule has 0 aliphatic heterocycles. The number of ether oxygens (including phenoxy) is 1. The van der Waals surface area contributed by atoms with Crippen molar-refractivity contribution >= 4 is 39.3 Å².